The van der Waals surface area contributed by atoms with Gasteiger partial charge in [0.2, 0.25) is 5.95 Å². The summed E-state index contributed by atoms with van der Waals surface area (Å²) >= 11 is 0. The van der Waals surface area contributed by atoms with Gasteiger partial charge in [-0.1, -0.05) is 48.0 Å². The molecule has 31 heavy (non-hydrogen) atoms. The zero-order valence-corrected chi connectivity index (χ0v) is 17.3. The molecule has 0 radical (unpaired) electrons. The first-order valence-corrected chi connectivity index (χ1v) is 10.1. The van der Waals surface area contributed by atoms with Crippen molar-refractivity contribution in [2.45, 2.75) is 19.9 Å². The molecule has 3 aromatic carbocycles. The zero-order chi connectivity index (χ0) is 21.5. The molecule has 0 fully saturated rings. The molecular weight excluding hydrogens is 388 g/mol. The summed E-state index contributed by atoms with van der Waals surface area (Å²) in [4.78, 5) is 18.2. The first-order chi connectivity index (χ1) is 15.0. The third-order valence-electron chi connectivity index (χ3n) is 5.62. The van der Waals surface area contributed by atoms with E-state index in [4.69, 9.17) is 4.98 Å². The van der Waals surface area contributed by atoms with Crippen LogP contribution in [0, 0.1) is 6.92 Å². The summed E-state index contributed by atoms with van der Waals surface area (Å²) in [7, 11) is 0. The molecule has 0 spiro atoms. The van der Waals surface area contributed by atoms with Crippen LogP contribution in [0.4, 0.5) is 11.6 Å². The third-order valence-corrected chi connectivity index (χ3v) is 5.62. The van der Waals surface area contributed by atoms with Crippen LogP contribution in [0.1, 0.15) is 24.1 Å². The molecule has 1 aliphatic rings. The van der Waals surface area contributed by atoms with Crippen LogP contribution in [0.2, 0.25) is 0 Å². The summed E-state index contributed by atoms with van der Waals surface area (Å²) in [6.45, 7) is 3.86. The van der Waals surface area contributed by atoms with Crippen molar-refractivity contribution in [1.82, 2.24) is 9.55 Å². The van der Waals surface area contributed by atoms with Gasteiger partial charge in [0.15, 0.2) is 0 Å². The van der Waals surface area contributed by atoms with E-state index >= 15 is 0 Å². The maximum absolute atomic E-state index is 13.5. The lowest BCUT2D eigenvalue weighted by Gasteiger charge is -2.31. The van der Waals surface area contributed by atoms with Gasteiger partial charge < -0.3 is 15.7 Å². The molecule has 0 aliphatic carbocycles. The molecule has 154 valence electrons. The highest BCUT2D eigenvalue weighted by Crippen LogP contribution is 2.42. The summed E-state index contributed by atoms with van der Waals surface area (Å²) in [6.07, 6.45) is 0. The predicted molar refractivity (Wildman–Crippen MR) is 122 cm³/mol. The summed E-state index contributed by atoms with van der Waals surface area (Å²) < 4.78 is 1.97. The van der Waals surface area contributed by atoms with Crippen LogP contribution < -0.4 is 10.6 Å². The average Bonchev–Trinajstić information content (AvgIpc) is 3.12. The number of carbonyl (C=O) groups excluding carboxylic acids is 1. The lowest BCUT2D eigenvalue weighted by atomic mass is 9.93. The van der Waals surface area contributed by atoms with E-state index in [1.54, 1.807) is 12.1 Å². The molecule has 0 saturated heterocycles. The fraction of sp³-hybridized carbons (Fsp3) is 0.120. The van der Waals surface area contributed by atoms with Crippen LogP contribution in [0.5, 0.6) is 5.75 Å². The second-order valence-electron chi connectivity index (χ2n) is 7.74. The third kappa shape index (κ3) is 3.22. The van der Waals surface area contributed by atoms with Crippen LogP contribution in [0.3, 0.4) is 0 Å². The maximum atomic E-state index is 13.5. The van der Waals surface area contributed by atoms with Gasteiger partial charge >= 0.3 is 0 Å². The van der Waals surface area contributed by atoms with Crippen molar-refractivity contribution >= 4 is 28.6 Å². The Hall–Kier alpha value is -4.06. The van der Waals surface area contributed by atoms with Gasteiger partial charge in [-0.25, -0.2) is 4.98 Å². The fourth-order valence-corrected chi connectivity index (χ4v) is 4.11. The second kappa shape index (κ2) is 7.32. The molecule has 1 aliphatic heterocycles. The average molecular weight is 410 g/mol. The number of hydrogen-bond donors (Lipinski definition) is 3. The van der Waals surface area contributed by atoms with Gasteiger partial charge in [-0.15, -0.1) is 0 Å². The van der Waals surface area contributed by atoms with Crippen LogP contribution >= 0.6 is 0 Å². The van der Waals surface area contributed by atoms with E-state index in [1.165, 1.54) is 0 Å². The van der Waals surface area contributed by atoms with Gasteiger partial charge in [0.05, 0.1) is 22.6 Å². The fourth-order valence-electron chi connectivity index (χ4n) is 4.11. The topological polar surface area (TPSA) is 79.2 Å². The zero-order valence-electron chi connectivity index (χ0n) is 17.3. The normalized spacial score (nSPS) is 15.5. The van der Waals surface area contributed by atoms with Crippen molar-refractivity contribution in [2.24, 2.45) is 0 Å². The first-order valence-electron chi connectivity index (χ1n) is 10.1. The number of aromatic nitrogens is 2. The molecule has 4 aromatic rings. The first kappa shape index (κ1) is 18.9. The number of anilines is 2. The number of amides is 1. The Labute approximate surface area is 179 Å². The second-order valence-corrected chi connectivity index (χ2v) is 7.74. The number of carbonyl (C=O) groups is 1. The number of imidazole rings is 1. The van der Waals surface area contributed by atoms with E-state index in [-0.39, 0.29) is 11.7 Å². The van der Waals surface area contributed by atoms with Crippen LogP contribution in [0.25, 0.3) is 11.0 Å². The molecule has 3 N–H and O–H groups in total. The molecule has 0 saturated carbocycles. The number of fused-ring (bicyclic) bond motifs is 3. The van der Waals surface area contributed by atoms with Gasteiger partial charge in [-0.05, 0) is 44.2 Å². The molecule has 6 nitrogen and oxygen atoms in total. The number of aromatic hydroxyl groups is 1. The largest absolute Gasteiger partial charge is 0.508 e. The van der Waals surface area contributed by atoms with Crippen molar-refractivity contribution in [3.8, 4) is 5.75 Å². The van der Waals surface area contributed by atoms with Gasteiger partial charge in [-0.2, -0.15) is 0 Å². The van der Waals surface area contributed by atoms with Crippen molar-refractivity contribution in [1.29, 1.82) is 0 Å². The minimum absolute atomic E-state index is 0.131. The highest BCUT2D eigenvalue weighted by atomic mass is 16.3. The van der Waals surface area contributed by atoms with E-state index in [9.17, 15) is 9.90 Å². The number of nitrogens with zero attached hydrogens (tertiary/aromatic N) is 2. The van der Waals surface area contributed by atoms with Gasteiger partial charge in [0.1, 0.15) is 5.75 Å². The molecule has 5 rings (SSSR count). The van der Waals surface area contributed by atoms with E-state index in [0.29, 0.717) is 28.5 Å². The Kier molecular flexibility index (Phi) is 4.47. The van der Waals surface area contributed by atoms with Crippen molar-refractivity contribution in [3.63, 3.8) is 0 Å². The number of aryl methyl sites for hydroxylation is 1. The van der Waals surface area contributed by atoms with Gasteiger partial charge in [0, 0.05) is 16.9 Å². The number of rotatable bonds is 3. The standard InChI is InChI=1S/C25H22N4O2/c1-15-11-13-17(14-12-15)27-24(31)22-16(2)26-25-28-19-8-4-5-9-20(19)29(25)23(22)18-7-3-6-10-21(18)30/h3-14,23,30H,1-2H3,(H,26,28)(H,27,31)/t23-/m1/s1. The van der Waals surface area contributed by atoms with E-state index in [2.05, 4.69) is 10.6 Å². The van der Waals surface area contributed by atoms with E-state index < -0.39 is 6.04 Å². The summed E-state index contributed by atoms with van der Waals surface area (Å²) in [5.74, 6) is 0.538. The predicted octanol–water partition coefficient (Wildman–Crippen LogP) is 4.98. The molecule has 0 unspecified atom stereocenters. The number of para-hydroxylation sites is 3. The van der Waals surface area contributed by atoms with Crippen molar-refractivity contribution < 1.29 is 9.90 Å². The highest BCUT2D eigenvalue weighted by molar-refractivity contribution is 6.06. The molecule has 6 heteroatoms. The molecule has 1 aromatic heterocycles. The maximum Gasteiger partial charge on any atom is 0.255 e. The Bertz CT molecular complexity index is 1340. The van der Waals surface area contributed by atoms with Crippen LogP contribution in [0.15, 0.2) is 84.1 Å². The Morgan fingerprint density at radius 1 is 1.00 bits per heavy atom. The van der Waals surface area contributed by atoms with Crippen LogP contribution in [-0.2, 0) is 4.79 Å². The number of allylic oxidation sites excluding steroid dienone is 1. The summed E-state index contributed by atoms with van der Waals surface area (Å²) in [5.41, 5.74) is 5.40. The Morgan fingerprint density at radius 2 is 1.71 bits per heavy atom. The monoisotopic (exact) mass is 410 g/mol. The Balaban J connectivity index is 1.67. The molecule has 2 heterocycles. The minimum atomic E-state index is -0.532. The lowest BCUT2D eigenvalue weighted by molar-refractivity contribution is -0.113. The summed E-state index contributed by atoms with van der Waals surface area (Å²) in [5, 5.41) is 17.0. The Morgan fingerprint density at radius 3 is 2.48 bits per heavy atom. The highest BCUT2D eigenvalue weighted by Gasteiger charge is 2.35. The molecular formula is C25H22N4O2. The quantitative estimate of drug-likeness (QED) is 0.445. The number of phenolic OH excluding ortho intramolecular Hbond substituents is 1. The lowest BCUT2D eigenvalue weighted by Crippen LogP contribution is -2.31. The summed E-state index contributed by atoms with van der Waals surface area (Å²) in [6, 6.07) is 22.0. The number of phenols is 1. The minimum Gasteiger partial charge on any atom is -0.508 e. The number of nitrogens with one attached hydrogen (secondary N) is 2. The van der Waals surface area contributed by atoms with E-state index in [1.807, 2.05) is 79.1 Å². The van der Waals surface area contributed by atoms with Gasteiger partial charge in [-0.3, -0.25) is 9.36 Å². The molecule has 1 amide bonds. The van der Waals surface area contributed by atoms with E-state index in [0.717, 1.165) is 16.6 Å². The number of benzene rings is 3. The van der Waals surface area contributed by atoms with Crippen molar-refractivity contribution in [2.75, 3.05) is 10.6 Å². The number of hydrogen-bond acceptors (Lipinski definition) is 4. The SMILES string of the molecule is CC1=C(C(=O)Nc2ccc(C)cc2)[C@@H](c2ccccc2O)n2c(nc3ccccc32)N1. The molecule has 1 atom stereocenters. The van der Waals surface area contributed by atoms with Crippen molar-refractivity contribution in [3.05, 3.63) is 95.2 Å². The van der Waals surface area contributed by atoms with Crippen LogP contribution in [-0.4, -0.2) is 20.6 Å². The smallest absolute Gasteiger partial charge is 0.255 e. The molecule has 0 bridgehead atoms. The van der Waals surface area contributed by atoms with Gasteiger partial charge in [0.25, 0.3) is 5.91 Å².